The summed E-state index contributed by atoms with van der Waals surface area (Å²) in [5, 5.41) is 2.86. The van der Waals surface area contributed by atoms with Gasteiger partial charge in [0.2, 0.25) is 0 Å². The van der Waals surface area contributed by atoms with Gasteiger partial charge in [-0.25, -0.2) is 0 Å². The Morgan fingerprint density at radius 3 is 2.32 bits per heavy atom. The Morgan fingerprint density at radius 2 is 1.73 bits per heavy atom. The lowest BCUT2D eigenvalue weighted by molar-refractivity contribution is -0.124. The number of nitrogens with one attached hydrogen (secondary N) is 1. The Bertz CT molecular complexity index is 634. The van der Waals surface area contributed by atoms with Crippen LogP contribution in [-0.4, -0.2) is 18.6 Å². The van der Waals surface area contributed by atoms with Crippen LogP contribution in [0.4, 0.5) is 5.69 Å². The summed E-state index contributed by atoms with van der Waals surface area (Å²) < 4.78 is 12.1. The number of ether oxygens (including phenoxy) is 2. The Kier molecular flexibility index (Phi) is 4.75. The maximum atomic E-state index is 12.0. The van der Waals surface area contributed by atoms with Crippen LogP contribution in [0.25, 0.3) is 0 Å². The maximum Gasteiger partial charge on any atom is 0.253 e. The van der Waals surface area contributed by atoms with E-state index in [4.69, 9.17) is 9.47 Å². The van der Waals surface area contributed by atoms with Gasteiger partial charge in [0.15, 0.2) is 0 Å². The van der Waals surface area contributed by atoms with E-state index in [-0.39, 0.29) is 12.0 Å². The minimum Gasteiger partial charge on any atom is -0.457 e. The number of benzene rings is 2. The third-order valence-electron chi connectivity index (χ3n) is 3.39. The van der Waals surface area contributed by atoms with Crippen molar-refractivity contribution in [3.63, 3.8) is 0 Å². The largest absolute Gasteiger partial charge is 0.457 e. The van der Waals surface area contributed by atoms with Gasteiger partial charge in [-0.1, -0.05) is 15.9 Å². The Labute approximate surface area is 137 Å². The maximum absolute atomic E-state index is 12.0. The highest BCUT2D eigenvalue weighted by molar-refractivity contribution is 9.10. The molecule has 5 heteroatoms. The minimum absolute atomic E-state index is 0.0842. The summed E-state index contributed by atoms with van der Waals surface area (Å²) in [5.74, 6) is 1.40. The van der Waals surface area contributed by atoms with Crippen LogP contribution < -0.4 is 10.1 Å². The lowest BCUT2D eigenvalue weighted by Gasteiger charge is -2.11. The van der Waals surface area contributed by atoms with E-state index in [0.717, 1.165) is 34.5 Å². The van der Waals surface area contributed by atoms with Crippen molar-refractivity contribution in [3.8, 4) is 11.5 Å². The summed E-state index contributed by atoms with van der Waals surface area (Å²) in [6, 6.07) is 14.9. The van der Waals surface area contributed by atoms with Crippen molar-refractivity contribution in [2.45, 2.75) is 18.9 Å². The molecule has 114 valence electrons. The van der Waals surface area contributed by atoms with E-state index in [1.54, 1.807) is 0 Å². The average Bonchev–Trinajstić information content (AvgIpc) is 3.06. The second-order valence-electron chi connectivity index (χ2n) is 5.07. The number of rotatable bonds is 4. The number of hydrogen-bond acceptors (Lipinski definition) is 3. The topological polar surface area (TPSA) is 47.6 Å². The highest BCUT2D eigenvalue weighted by Crippen LogP contribution is 2.25. The first-order chi connectivity index (χ1) is 10.7. The normalized spacial score (nSPS) is 17.2. The summed E-state index contributed by atoms with van der Waals surface area (Å²) in [6.45, 7) is 0.665. The van der Waals surface area contributed by atoms with Crippen LogP contribution in [0.15, 0.2) is 53.0 Å². The second-order valence-corrected chi connectivity index (χ2v) is 5.99. The molecule has 1 heterocycles. The molecule has 1 aliphatic heterocycles. The van der Waals surface area contributed by atoms with Crippen LogP contribution in [-0.2, 0) is 9.53 Å². The SMILES string of the molecule is O=C(Nc1ccc(Oc2ccc(Br)cc2)cc1)[C@@H]1CCCO1. The fourth-order valence-electron chi connectivity index (χ4n) is 2.25. The quantitative estimate of drug-likeness (QED) is 0.879. The van der Waals surface area contributed by atoms with Crippen molar-refractivity contribution in [2.75, 3.05) is 11.9 Å². The van der Waals surface area contributed by atoms with E-state index in [9.17, 15) is 4.79 Å². The summed E-state index contributed by atoms with van der Waals surface area (Å²) in [4.78, 5) is 12.0. The fourth-order valence-corrected chi connectivity index (χ4v) is 2.52. The lowest BCUT2D eigenvalue weighted by atomic mass is 10.2. The molecule has 0 spiro atoms. The third kappa shape index (κ3) is 3.87. The van der Waals surface area contributed by atoms with E-state index < -0.39 is 0 Å². The van der Waals surface area contributed by atoms with Crippen LogP contribution >= 0.6 is 15.9 Å². The molecule has 1 atom stereocenters. The first-order valence-corrected chi connectivity index (χ1v) is 7.96. The molecular formula is C17H16BrNO3. The third-order valence-corrected chi connectivity index (χ3v) is 3.92. The first-order valence-electron chi connectivity index (χ1n) is 7.17. The molecule has 1 aliphatic rings. The minimum atomic E-state index is -0.321. The summed E-state index contributed by atoms with van der Waals surface area (Å²) in [7, 11) is 0. The van der Waals surface area contributed by atoms with Crippen molar-refractivity contribution < 1.29 is 14.3 Å². The molecule has 0 radical (unpaired) electrons. The molecule has 3 rings (SSSR count). The van der Waals surface area contributed by atoms with E-state index in [1.165, 1.54) is 0 Å². The fraction of sp³-hybridized carbons (Fsp3) is 0.235. The predicted octanol–water partition coefficient (Wildman–Crippen LogP) is 4.36. The molecule has 1 saturated heterocycles. The van der Waals surface area contributed by atoms with Crippen LogP contribution in [0.5, 0.6) is 11.5 Å². The van der Waals surface area contributed by atoms with Gasteiger partial charge in [-0.15, -0.1) is 0 Å². The Hall–Kier alpha value is -1.85. The standard InChI is InChI=1S/C17H16BrNO3/c18-12-3-7-14(8-4-12)22-15-9-5-13(6-10-15)19-17(20)16-2-1-11-21-16/h3-10,16H,1-2,11H2,(H,19,20)/t16-/m0/s1. The van der Waals surface area contributed by atoms with E-state index in [1.807, 2.05) is 48.5 Å². The summed E-state index contributed by atoms with van der Waals surface area (Å²) >= 11 is 3.39. The van der Waals surface area contributed by atoms with Gasteiger partial charge in [0.05, 0.1) is 0 Å². The molecule has 22 heavy (non-hydrogen) atoms. The first kappa shape index (κ1) is 15.1. The predicted molar refractivity (Wildman–Crippen MR) is 88.3 cm³/mol. The molecule has 2 aromatic carbocycles. The van der Waals surface area contributed by atoms with E-state index in [2.05, 4.69) is 21.2 Å². The van der Waals surface area contributed by atoms with E-state index >= 15 is 0 Å². The molecule has 0 unspecified atom stereocenters. The van der Waals surface area contributed by atoms with Gasteiger partial charge in [0, 0.05) is 16.8 Å². The van der Waals surface area contributed by atoms with Crippen LogP contribution in [0.3, 0.4) is 0 Å². The zero-order valence-corrected chi connectivity index (χ0v) is 13.5. The highest BCUT2D eigenvalue weighted by Gasteiger charge is 2.23. The van der Waals surface area contributed by atoms with Gasteiger partial charge in [0.1, 0.15) is 17.6 Å². The molecule has 1 N–H and O–H groups in total. The molecule has 1 amide bonds. The molecule has 0 aliphatic carbocycles. The zero-order valence-electron chi connectivity index (χ0n) is 11.9. The molecular weight excluding hydrogens is 346 g/mol. The van der Waals surface area contributed by atoms with Crippen LogP contribution in [0.2, 0.25) is 0 Å². The van der Waals surface area contributed by atoms with Gasteiger partial charge < -0.3 is 14.8 Å². The Balaban J connectivity index is 1.60. The number of carbonyl (C=O) groups is 1. The van der Waals surface area contributed by atoms with Gasteiger partial charge in [-0.05, 0) is 61.4 Å². The number of amides is 1. The molecule has 4 nitrogen and oxygen atoms in total. The number of hydrogen-bond donors (Lipinski definition) is 1. The van der Waals surface area contributed by atoms with Gasteiger partial charge in [0.25, 0.3) is 5.91 Å². The van der Waals surface area contributed by atoms with Gasteiger partial charge in [-0.2, -0.15) is 0 Å². The molecule has 2 aromatic rings. The monoisotopic (exact) mass is 361 g/mol. The smallest absolute Gasteiger partial charge is 0.253 e. The zero-order chi connectivity index (χ0) is 15.4. The summed E-state index contributed by atoms with van der Waals surface area (Å²) in [6.07, 6.45) is 1.41. The van der Waals surface area contributed by atoms with Crippen molar-refractivity contribution in [1.29, 1.82) is 0 Å². The van der Waals surface area contributed by atoms with E-state index in [0.29, 0.717) is 6.61 Å². The van der Waals surface area contributed by atoms with Gasteiger partial charge >= 0.3 is 0 Å². The van der Waals surface area contributed by atoms with Crippen molar-refractivity contribution in [2.24, 2.45) is 0 Å². The molecule has 0 aromatic heterocycles. The van der Waals surface area contributed by atoms with Crippen molar-refractivity contribution >= 4 is 27.5 Å². The second kappa shape index (κ2) is 6.94. The van der Waals surface area contributed by atoms with Crippen LogP contribution in [0.1, 0.15) is 12.8 Å². The van der Waals surface area contributed by atoms with Crippen molar-refractivity contribution in [3.05, 3.63) is 53.0 Å². The number of anilines is 1. The molecule has 1 fully saturated rings. The lowest BCUT2D eigenvalue weighted by Crippen LogP contribution is -2.26. The average molecular weight is 362 g/mol. The van der Waals surface area contributed by atoms with Crippen molar-refractivity contribution in [1.82, 2.24) is 0 Å². The van der Waals surface area contributed by atoms with Crippen LogP contribution in [0, 0.1) is 0 Å². The highest BCUT2D eigenvalue weighted by atomic mass is 79.9. The molecule has 0 saturated carbocycles. The van der Waals surface area contributed by atoms with Gasteiger partial charge in [-0.3, -0.25) is 4.79 Å². The molecule has 0 bridgehead atoms. The Morgan fingerprint density at radius 1 is 1.09 bits per heavy atom. The number of halogens is 1. The summed E-state index contributed by atoms with van der Waals surface area (Å²) in [5.41, 5.74) is 0.739. The number of carbonyl (C=O) groups excluding carboxylic acids is 1.